The van der Waals surface area contributed by atoms with Crippen molar-refractivity contribution in [2.75, 3.05) is 24.3 Å². The number of halogens is 1. The lowest BCUT2D eigenvalue weighted by molar-refractivity contribution is -0.142. The average molecular weight is 302 g/mol. The van der Waals surface area contributed by atoms with Crippen molar-refractivity contribution in [1.29, 1.82) is 0 Å². The number of rotatable bonds is 7. The van der Waals surface area contributed by atoms with Crippen LogP contribution in [0.2, 0.25) is 5.28 Å². The van der Waals surface area contributed by atoms with E-state index in [1.807, 2.05) is 20.8 Å². The predicted octanol–water partition coefficient (Wildman–Crippen LogP) is 1.96. The van der Waals surface area contributed by atoms with Crippen molar-refractivity contribution in [3.8, 4) is 0 Å². The fourth-order valence-corrected chi connectivity index (χ4v) is 1.65. The van der Waals surface area contributed by atoms with Crippen LogP contribution in [0.5, 0.6) is 0 Å². The molecule has 0 saturated carbocycles. The van der Waals surface area contributed by atoms with Crippen molar-refractivity contribution in [2.24, 2.45) is 5.92 Å². The Labute approximate surface area is 123 Å². The number of ether oxygens (including phenoxy) is 1. The molecule has 1 rings (SSSR count). The van der Waals surface area contributed by atoms with E-state index in [-0.39, 0.29) is 23.1 Å². The van der Waals surface area contributed by atoms with Crippen molar-refractivity contribution < 1.29 is 9.53 Å². The number of esters is 1. The molecule has 1 unspecified atom stereocenters. The Kier molecular flexibility index (Phi) is 6.44. The fraction of sp³-hybridized carbons (Fsp3) is 0.667. The molecule has 1 aromatic rings. The Balaban J connectivity index is 2.89. The first-order valence-corrected chi connectivity index (χ1v) is 6.85. The maximum absolute atomic E-state index is 11.7. The molecule has 8 heteroatoms. The number of nitrogens with one attached hydrogen (secondary N) is 2. The number of carbonyl (C=O) groups is 1. The quantitative estimate of drug-likeness (QED) is 0.744. The standard InChI is InChI=1S/C12H20ClN5O2/c1-5-6-14-11-16-10(13)17-12(18-11)15-8(7(2)3)9(19)20-4/h7-8H,5-6H2,1-4H3,(H2,14,15,16,17,18). The van der Waals surface area contributed by atoms with Gasteiger partial charge >= 0.3 is 5.97 Å². The molecule has 0 bridgehead atoms. The minimum atomic E-state index is -0.544. The third-order valence-electron chi connectivity index (χ3n) is 2.55. The van der Waals surface area contributed by atoms with Gasteiger partial charge in [0.25, 0.3) is 0 Å². The van der Waals surface area contributed by atoms with Crippen molar-refractivity contribution in [1.82, 2.24) is 15.0 Å². The smallest absolute Gasteiger partial charge is 0.328 e. The largest absolute Gasteiger partial charge is 0.467 e. The van der Waals surface area contributed by atoms with Crippen molar-refractivity contribution in [3.05, 3.63) is 5.28 Å². The lowest BCUT2D eigenvalue weighted by Gasteiger charge is -2.19. The molecule has 112 valence electrons. The van der Waals surface area contributed by atoms with Gasteiger partial charge in [-0.25, -0.2) is 4.79 Å². The summed E-state index contributed by atoms with van der Waals surface area (Å²) in [6, 6.07) is -0.544. The Hall–Kier alpha value is -1.63. The summed E-state index contributed by atoms with van der Waals surface area (Å²) in [6.07, 6.45) is 0.933. The Morgan fingerprint density at radius 1 is 1.30 bits per heavy atom. The summed E-state index contributed by atoms with van der Waals surface area (Å²) in [6.45, 7) is 6.55. The van der Waals surface area contributed by atoms with E-state index >= 15 is 0 Å². The molecule has 0 aliphatic carbocycles. The van der Waals surface area contributed by atoms with Gasteiger partial charge in [-0.1, -0.05) is 20.8 Å². The van der Waals surface area contributed by atoms with E-state index in [1.54, 1.807) is 0 Å². The molecule has 20 heavy (non-hydrogen) atoms. The first-order valence-electron chi connectivity index (χ1n) is 6.47. The molecule has 0 aliphatic heterocycles. The summed E-state index contributed by atoms with van der Waals surface area (Å²) in [4.78, 5) is 23.8. The summed E-state index contributed by atoms with van der Waals surface area (Å²) in [5, 5.41) is 6.01. The van der Waals surface area contributed by atoms with Crippen molar-refractivity contribution >= 4 is 29.5 Å². The third kappa shape index (κ3) is 4.80. The molecule has 2 N–H and O–H groups in total. The highest BCUT2D eigenvalue weighted by Crippen LogP contribution is 2.14. The molecule has 0 spiro atoms. The van der Waals surface area contributed by atoms with Crippen LogP contribution in [0.4, 0.5) is 11.9 Å². The van der Waals surface area contributed by atoms with Crippen LogP contribution in [-0.4, -0.2) is 40.6 Å². The number of anilines is 2. The second-order valence-electron chi connectivity index (χ2n) is 4.57. The van der Waals surface area contributed by atoms with Crippen LogP contribution in [0, 0.1) is 5.92 Å². The van der Waals surface area contributed by atoms with Gasteiger partial charge in [-0.15, -0.1) is 0 Å². The maximum Gasteiger partial charge on any atom is 0.328 e. The Morgan fingerprint density at radius 3 is 2.50 bits per heavy atom. The van der Waals surface area contributed by atoms with Crippen molar-refractivity contribution in [3.63, 3.8) is 0 Å². The average Bonchev–Trinajstić information content (AvgIpc) is 2.40. The molecular weight excluding hydrogens is 282 g/mol. The Morgan fingerprint density at radius 2 is 1.95 bits per heavy atom. The van der Waals surface area contributed by atoms with E-state index in [2.05, 4.69) is 25.6 Å². The summed E-state index contributed by atoms with van der Waals surface area (Å²) in [5.74, 6) is 0.263. The predicted molar refractivity (Wildman–Crippen MR) is 77.9 cm³/mol. The van der Waals surface area contributed by atoms with Crippen LogP contribution in [0.25, 0.3) is 0 Å². The van der Waals surface area contributed by atoms with E-state index in [0.29, 0.717) is 5.95 Å². The zero-order valence-electron chi connectivity index (χ0n) is 12.1. The molecule has 0 saturated heterocycles. The zero-order chi connectivity index (χ0) is 15.1. The molecule has 0 amide bonds. The lowest BCUT2D eigenvalue weighted by Crippen LogP contribution is -2.36. The molecule has 0 aromatic carbocycles. The van der Waals surface area contributed by atoms with Gasteiger partial charge in [0.05, 0.1) is 7.11 Å². The normalized spacial score (nSPS) is 12.1. The number of methoxy groups -OCH3 is 1. The number of hydrogen-bond donors (Lipinski definition) is 2. The summed E-state index contributed by atoms with van der Waals surface area (Å²) in [7, 11) is 1.34. The molecular formula is C12H20ClN5O2. The molecule has 0 fully saturated rings. The van der Waals surface area contributed by atoms with Gasteiger partial charge in [0.2, 0.25) is 17.2 Å². The minimum absolute atomic E-state index is 0.0186. The minimum Gasteiger partial charge on any atom is -0.467 e. The fourth-order valence-electron chi connectivity index (χ4n) is 1.49. The van der Waals surface area contributed by atoms with Crippen LogP contribution < -0.4 is 10.6 Å². The van der Waals surface area contributed by atoms with Gasteiger partial charge in [0.15, 0.2) is 0 Å². The first kappa shape index (κ1) is 16.4. The monoisotopic (exact) mass is 301 g/mol. The number of carbonyl (C=O) groups excluding carboxylic acids is 1. The second kappa shape index (κ2) is 7.84. The van der Waals surface area contributed by atoms with Crippen molar-refractivity contribution in [2.45, 2.75) is 33.2 Å². The van der Waals surface area contributed by atoms with Gasteiger partial charge in [-0.05, 0) is 23.9 Å². The van der Waals surface area contributed by atoms with Crippen LogP contribution in [0.1, 0.15) is 27.2 Å². The van der Waals surface area contributed by atoms with Crippen LogP contribution in [0.3, 0.4) is 0 Å². The molecule has 1 atom stereocenters. The van der Waals surface area contributed by atoms with Crippen LogP contribution in [-0.2, 0) is 9.53 Å². The van der Waals surface area contributed by atoms with Gasteiger partial charge in [-0.3, -0.25) is 0 Å². The van der Waals surface area contributed by atoms with Gasteiger partial charge in [0, 0.05) is 6.54 Å². The highest BCUT2D eigenvalue weighted by molar-refractivity contribution is 6.28. The lowest BCUT2D eigenvalue weighted by atomic mass is 10.1. The van der Waals surface area contributed by atoms with Gasteiger partial charge < -0.3 is 15.4 Å². The Bertz CT molecular complexity index is 455. The summed E-state index contributed by atoms with van der Waals surface area (Å²) >= 11 is 5.85. The number of nitrogens with zero attached hydrogens (tertiary/aromatic N) is 3. The highest BCUT2D eigenvalue weighted by Gasteiger charge is 2.24. The van der Waals surface area contributed by atoms with Crippen LogP contribution in [0.15, 0.2) is 0 Å². The zero-order valence-corrected chi connectivity index (χ0v) is 12.9. The maximum atomic E-state index is 11.7. The molecule has 0 radical (unpaired) electrons. The molecule has 0 aliphatic rings. The topological polar surface area (TPSA) is 89.0 Å². The summed E-state index contributed by atoms with van der Waals surface area (Å²) in [5.41, 5.74) is 0. The molecule has 1 heterocycles. The van der Waals surface area contributed by atoms with E-state index in [9.17, 15) is 4.79 Å². The van der Waals surface area contributed by atoms with Crippen LogP contribution >= 0.6 is 11.6 Å². The van der Waals surface area contributed by atoms with Gasteiger partial charge in [-0.2, -0.15) is 15.0 Å². The van der Waals surface area contributed by atoms with E-state index in [4.69, 9.17) is 16.3 Å². The summed E-state index contributed by atoms with van der Waals surface area (Å²) < 4.78 is 4.75. The highest BCUT2D eigenvalue weighted by atomic mass is 35.5. The molecule has 7 nitrogen and oxygen atoms in total. The van der Waals surface area contributed by atoms with E-state index < -0.39 is 6.04 Å². The van der Waals surface area contributed by atoms with Gasteiger partial charge in [0.1, 0.15) is 6.04 Å². The number of aromatic nitrogens is 3. The third-order valence-corrected chi connectivity index (χ3v) is 2.72. The number of hydrogen-bond acceptors (Lipinski definition) is 7. The second-order valence-corrected chi connectivity index (χ2v) is 4.91. The van der Waals surface area contributed by atoms with E-state index in [0.717, 1.165) is 13.0 Å². The molecule has 1 aromatic heterocycles. The first-order chi connectivity index (χ1) is 9.47. The van der Waals surface area contributed by atoms with E-state index in [1.165, 1.54) is 7.11 Å². The SMILES string of the molecule is CCCNc1nc(Cl)nc(NC(C(=O)OC)C(C)C)n1.